The highest BCUT2D eigenvalue weighted by Crippen LogP contribution is 2.15. The highest BCUT2D eigenvalue weighted by molar-refractivity contribution is 7.92. The minimum absolute atomic E-state index is 0.107. The fourth-order valence-corrected chi connectivity index (χ4v) is 2.59. The first-order chi connectivity index (χ1) is 9.92. The molecule has 2 N–H and O–H groups in total. The number of anilines is 1. The molecular weight excluding hydrogens is 294 g/mol. The van der Waals surface area contributed by atoms with Gasteiger partial charge in [-0.2, -0.15) is 5.26 Å². The summed E-state index contributed by atoms with van der Waals surface area (Å²) >= 11 is 0. The number of carbonyl (C=O) groups is 1. The van der Waals surface area contributed by atoms with E-state index in [1.807, 2.05) is 6.07 Å². The van der Waals surface area contributed by atoms with Gasteiger partial charge in [-0.3, -0.25) is 4.72 Å². The lowest BCUT2D eigenvalue weighted by Crippen LogP contribution is -2.15. The number of nitrogens with zero attached hydrogens (tertiary/aromatic N) is 2. The van der Waals surface area contributed by atoms with Crippen molar-refractivity contribution in [2.45, 2.75) is 4.90 Å². The van der Waals surface area contributed by atoms with E-state index in [-0.39, 0.29) is 22.0 Å². The van der Waals surface area contributed by atoms with Crippen LogP contribution in [0.5, 0.6) is 0 Å². The summed E-state index contributed by atoms with van der Waals surface area (Å²) in [5.74, 6) is -1.38. The Morgan fingerprint density at radius 2 is 1.95 bits per heavy atom. The molecule has 1 heterocycles. The molecular formula is C13H9N3O4S. The Labute approximate surface area is 120 Å². The van der Waals surface area contributed by atoms with Crippen LogP contribution in [-0.2, 0) is 10.0 Å². The van der Waals surface area contributed by atoms with Gasteiger partial charge in [-0.05, 0) is 30.3 Å². The van der Waals surface area contributed by atoms with Crippen molar-refractivity contribution < 1.29 is 18.3 Å². The van der Waals surface area contributed by atoms with E-state index in [0.717, 1.165) is 0 Å². The largest absolute Gasteiger partial charge is 0.477 e. The zero-order valence-electron chi connectivity index (χ0n) is 10.5. The number of nitrogens with one attached hydrogen (secondary N) is 1. The molecule has 0 aliphatic rings. The number of aromatic carboxylic acids is 1. The van der Waals surface area contributed by atoms with Crippen molar-refractivity contribution >= 4 is 21.8 Å². The van der Waals surface area contributed by atoms with Crippen LogP contribution in [0.25, 0.3) is 0 Å². The first kappa shape index (κ1) is 14.5. The Morgan fingerprint density at radius 3 is 2.62 bits per heavy atom. The number of hydrogen-bond donors (Lipinski definition) is 2. The Kier molecular flexibility index (Phi) is 3.86. The average Bonchev–Trinajstić information content (AvgIpc) is 2.47. The van der Waals surface area contributed by atoms with Crippen LogP contribution >= 0.6 is 0 Å². The van der Waals surface area contributed by atoms with E-state index >= 15 is 0 Å². The summed E-state index contributed by atoms with van der Waals surface area (Å²) in [6.45, 7) is 0. The van der Waals surface area contributed by atoms with E-state index in [1.165, 1.54) is 42.5 Å². The molecule has 2 aromatic rings. The maximum atomic E-state index is 12.1. The van der Waals surface area contributed by atoms with E-state index in [4.69, 9.17) is 10.4 Å². The number of rotatable bonds is 4. The van der Waals surface area contributed by atoms with Gasteiger partial charge in [0.05, 0.1) is 16.5 Å². The predicted molar refractivity (Wildman–Crippen MR) is 73.2 cm³/mol. The minimum atomic E-state index is -3.94. The number of hydrogen-bond acceptors (Lipinski definition) is 5. The van der Waals surface area contributed by atoms with Crippen LogP contribution in [0.2, 0.25) is 0 Å². The van der Waals surface area contributed by atoms with Crippen molar-refractivity contribution in [2.75, 3.05) is 4.72 Å². The third-order valence-corrected chi connectivity index (χ3v) is 3.83. The van der Waals surface area contributed by atoms with Gasteiger partial charge in [-0.15, -0.1) is 0 Å². The van der Waals surface area contributed by atoms with Crippen LogP contribution in [0.4, 0.5) is 5.82 Å². The standard InChI is InChI=1S/C13H9N3O4S/c14-8-9-3-1-4-10(7-9)21(19,20)16-12-6-2-5-11(15-12)13(17)18/h1-7H,(H,15,16)(H,17,18). The van der Waals surface area contributed by atoms with E-state index in [2.05, 4.69) is 9.71 Å². The highest BCUT2D eigenvalue weighted by Gasteiger charge is 2.16. The Bertz CT molecular complexity index is 840. The van der Waals surface area contributed by atoms with Crippen LogP contribution in [0.15, 0.2) is 47.4 Å². The van der Waals surface area contributed by atoms with Gasteiger partial charge in [-0.25, -0.2) is 18.2 Å². The molecule has 7 nitrogen and oxygen atoms in total. The number of aromatic nitrogens is 1. The molecule has 0 saturated heterocycles. The van der Waals surface area contributed by atoms with Crippen LogP contribution in [0.3, 0.4) is 0 Å². The second kappa shape index (κ2) is 5.60. The molecule has 0 aliphatic heterocycles. The lowest BCUT2D eigenvalue weighted by molar-refractivity contribution is 0.0690. The van der Waals surface area contributed by atoms with Crippen molar-refractivity contribution in [2.24, 2.45) is 0 Å². The minimum Gasteiger partial charge on any atom is -0.477 e. The molecule has 0 spiro atoms. The van der Waals surface area contributed by atoms with Gasteiger partial charge in [0.25, 0.3) is 10.0 Å². The third kappa shape index (κ3) is 3.34. The van der Waals surface area contributed by atoms with E-state index in [0.29, 0.717) is 0 Å². The van der Waals surface area contributed by atoms with Gasteiger partial charge >= 0.3 is 5.97 Å². The Hall–Kier alpha value is -2.92. The van der Waals surface area contributed by atoms with E-state index < -0.39 is 16.0 Å². The second-order valence-corrected chi connectivity index (χ2v) is 5.64. The van der Waals surface area contributed by atoms with Crippen LogP contribution in [-0.4, -0.2) is 24.5 Å². The number of sulfonamides is 1. The van der Waals surface area contributed by atoms with Crippen molar-refractivity contribution in [3.63, 3.8) is 0 Å². The smallest absolute Gasteiger partial charge is 0.354 e. The third-order valence-electron chi connectivity index (χ3n) is 2.48. The van der Waals surface area contributed by atoms with Crippen molar-refractivity contribution in [3.8, 4) is 6.07 Å². The Balaban J connectivity index is 2.35. The summed E-state index contributed by atoms with van der Waals surface area (Å²) in [6, 6.07) is 11.2. The molecule has 1 aromatic carbocycles. The van der Waals surface area contributed by atoms with Gasteiger partial charge < -0.3 is 5.11 Å². The average molecular weight is 303 g/mol. The molecule has 0 saturated carbocycles. The highest BCUT2D eigenvalue weighted by atomic mass is 32.2. The molecule has 8 heteroatoms. The monoisotopic (exact) mass is 303 g/mol. The fraction of sp³-hybridized carbons (Fsp3) is 0. The topological polar surface area (TPSA) is 120 Å². The lowest BCUT2D eigenvalue weighted by Gasteiger charge is -2.07. The zero-order chi connectivity index (χ0) is 15.5. The number of pyridine rings is 1. The predicted octanol–water partition coefficient (Wildman–Crippen LogP) is 1.45. The molecule has 0 aliphatic carbocycles. The lowest BCUT2D eigenvalue weighted by atomic mass is 10.2. The first-order valence-corrected chi connectivity index (χ1v) is 7.14. The number of carboxylic acids is 1. The first-order valence-electron chi connectivity index (χ1n) is 5.66. The molecule has 0 unspecified atom stereocenters. The number of carboxylic acid groups (broad SMARTS) is 1. The fourth-order valence-electron chi connectivity index (χ4n) is 1.54. The van der Waals surface area contributed by atoms with Crippen molar-refractivity contribution in [1.29, 1.82) is 5.26 Å². The molecule has 0 amide bonds. The van der Waals surface area contributed by atoms with Gasteiger partial charge in [0.1, 0.15) is 5.82 Å². The van der Waals surface area contributed by atoms with Crippen LogP contribution in [0, 0.1) is 11.3 Å². The quantitative estimate of drug-likeness (QED) is 0.882. The molecule has 106 valence electrons. The summed E-state index contributed by atoms with van der Waals surface area (Å²) in [7, 11) is -3.94. The molecule has 0 radical (unpaired) electrons. The summed E-state index contributed by atoms with van der Waals surface area (Å²) in [4.78, 5) is 14.4. The van der Waals surface area contributed by atoms with Gasteiger partial charge in [0, 0.05) is 0 Å². The van der Waals surface area contributed by atoms with Crippen LogP contribution in [0.1, 0.15) is 16.1 Å². The maximum absolute atomic E-state index is 12.1. The normalized spacial score (nSPS) is 10.6. The molecule has 0 fully saturated rings. The van der Waals surface area contributed by atoms with Crippen LogP contribution < -0.4 is 4.72 Å². The Morgan fingerprint density at radius 1 is 1.24 bits per heavy atom. The van der Waals surface area contributed by atoms with Gasteiger partial charge in [0.2, 0.25) is 0 Å². The second-order valence-electron chi connectivity index (χ2n) is 3.96. The number of benzene rings is 1. The zero-order valence-corrected chi connectivity index (χ0v) is 11.3. The summed E-state index contributed by atoms with van der Waals surface area (Å²) in [5.41, 5.74) is -0.0777. The molecule has 21 heavy (non-hydrogen) atoms. The van der Waals surface area contributed by atoms with Gasteiger partial charge in [0.15, 0.2) is 5.69 Å². The van der Waals surface area contributed by atoms with Crippen molar-refractivity contribution in [1.82, 2.24) is 4.98 Å². The molecule has 1 aromatic heterocycles. The van der Waals surface area contributed by atoms with E-state index in [9.17, 15) is 13.2 Å². The molecule has 2 rings (SSSR count). The SMILES string of the molecule is N#Cc1cccc(S(=O)(=O)Nc2cccc(C(=O)O)n2)c1. The maximum Gasteiger partial charge on any atom is 0.354 e. The van der Waals surface area contributed by atoms with E-state index in [1.54, 1.807) is 0 Å². The van der Waals surface area contributed by atoms with Crippen molar-refractivity contribution in [3.05, 3.63) is 53.7 Å². The molecule has 0 atom stereocenters. The summed E-state index contributed by atoms with van der Waals surface area (Å²) < 4.78 is 26.5. The van der Waals surface area contributed by atoms with Gasteiger partial charge in [-0.1, -0.05) is 12.1 Å². The number of nitriles is 1. The summed E-state index contributed by atoms with van der Waals surface area (Å²) in [5, 5.41) is 17.6. The summed E-state index contributed by atoms with van der Waals surface area (Å²) in [6.07, 6.45) is 0. The molecule has 0 bridgehead atoms.